The lowest BCUT2D eigenvalue weighted by Gasteiger charge is -2.31. The van der Waals surface area contributed by atoms with E-state index in [1.165, 1.54) is 0 Å². The molecular formula is C39H44O9S3. The van der Waals surface area contributed by atoms with Gasteiger partial charge in [0.05, 0.1) is 24.7 Å². The monoisotopic (exact) mass is 752 g/mol. The molecule has 0 fully saturated rings. The van der Waals surface area contributed by atoms with Crippen LogP contribution in [0.2, 0.25) is 0 Å². The summed E-state index contributed by atoms with van der Waals surface area (Å²) in [6, 6.07) is 21.5. The van der Waals surface area contributed by atoms with Crippen LogP contribution in [0, 0.1) is 26.2 Å². The van der Waals surface area contributed by atoms with Gasteiger partial charge in [0.15, 0.2) is 0 Å². The van der Waals surface area contributed by atoms with E-state index < -0.39 is 23.3 Å². The summed E-state index contributed by atoms with van der Waals surface area (Å²) in [6.07, 6.45) is 0.253. The highest BCUT2D eigenvalue weighted by atomic mass is 32.2. The first-order valence-electron chi connectivity index (χ1n) is 16.6. The van der Waals surface area contributed by atoms with Crippen molar-refractivity contribution in [1.82, 2.24) is 0 Å². The fourth-order valence-electron chi connectivity index (χ4n) is 4.35. The number of carbonyl (C=O) groups excluding carboxylic acids is 6. The van der Waals surface area contributed by atoms with E-state index >= 15 is 0 Å². The summed E-state index contributed by atoms with van der Waals surface area (Å²) in [5, 5.41) is -0.453. The molecule has 3 aromatic rings. The van der Waals surface area contributed by atoms with Crippen LogP contribution in [0.15, 0.2) is 72.8 Å². The van der Waals surface area contributed by atoms with Gasteiger partial charge < -0.3 is 14.2 Å². The van der Waals surface area contributed by atoms with Crippen molar-refractivity contribution in [3.05, 3.63) is 106 Å². The average molecular weight is 753 g/mol. The van der Waals surface area contributed by atoms with Crippen molar-refractivity contribution in [2.45, 2.75) is 53.4 Å². The lowest BCUT2D eigenvalue weighted by molar-refractivity contribution is -0.161. The smallest absolute Gasteiger partial charge is 0.306 e. The van der Waals surface area contributed by atoms with Gasteiger partial charge >= 0.3 is 17.9 Å². The summed E-state index contributed by atoms with van der Waals surface area (Å²) in [4.78, 5) is 75.5. The molecule has 3 rings (SSSR count). The molecule has 9 nitrogen and oxygen atoms in total. The topological polar surface area (TPSA) is 130 Å². The maximum absolute atomic E-state index is 12.7. The third-order valence-electron chi connectivity index (χ3n) is 7.85. The molecule has 51 heavy (non-hydrogen) atoms. The molecule has 0 amide bonds. The maximum atomic E-state index is 12.7. The Labute approximate surface area is 312 Å². The molecule has 0 aromatic heterocycles. The molecule has 0 heterocycles. The zero-order valence-electron chi connectivity index (χ0n) is 29.4. The Morgan fingerprint density at radius 2 is 0.725 bits per heavy atom. The minimum absolute atomic E-state index is 0.0277. The van der Waals surface area contributed by atoms with E-state index in [2.05, 4.69) is 0 Å². The van der Waals surface area contributed by atoms with Gasteiger partial charge in [0.2, 0.25) is 15.3 Å². The Bertz CT molecular complexity index is 1440. The largest absolute Gasteiger partial charge is 0.465 e. The summed E-state index contributed by atoms with van der Waals surface area (Å²) in [7, 11) is 0. The van der Waals surface area contributed by atoms with Gasteiger partial charge in [-0.15, -0.1) is 0 Å². The minimum atomic E-state index is -1.04. The molecule has 3 aromatic carbocycles. The Hall–Kier alpha value is -3.87. The normalized spacial score (nSPS) is 11.1. The van der Waals surface area contributed by atoms with E-state index in [1.807, 2.05) is 57.2 Å². The number of hydrogen-bond donors (Lipinski definition) is 0. The van der Waals surface area contributed by atoms with Crippen LogP contribution in [-0.2, 0) is 28.6 Å². The van der Waals surface area contributed by atoms with Gasteiger partial charge in [-0.1, -0.05) is 132 Å². The van der Waals surface area contributed by atoms with Crippen LogP contribution in [0.3, 0.4) is 0 Å². The molecule has 0 atom stereocenters. The summed E-state index contributed by atoms with van der Waals surface area (Å²) < 4.78 is 16.7. The number of hydrogen-bond acceptors (Lipinski definition) is 12. The van der Waals surface area contributed by atoms with Gasteiger partial charge in [0, 0.05) is 33.9 Å². The number of aryl methyl sites for hydroxylation is 3. The number of ether oxygens (including phenoxy) is 3. The Morgan fingerprint density at radius 1 is 0.471 bits per heavy atom. The number of benzene rings is 3. The van der Waals surface area contributed by atoms with Gasteiger partial charge in [-0.05, 0) is 27.2 Å². The van der Waals surface area contributed by atoms with E-state index in [-0.39, 0.29) is 71.7 Å². The van der Waals surface area contributed by atoms with Crippen molar-refractivity contribution < 1.29 is 43.0 Å². The molecule has 0 N–H and O–H groups in total. The second-order valence-electron chi connectivity index (χ2n) is 12.1. The molecule has 0 aliphatic rings. The SMILES string of the molecule is CCC(COC(=O)CCSC(=O)c1ccc(C)cc1)(COC(=O)CCSC(=O)c1ccc(C)cc1)COC(=O)CCSC(=O)c1ccc(C)cc1. The number of carbonyl (C=O) groups is 6. The Balaban J connectivity index is 1.52. The molecule has 0 aliphatic carbocycles. The molecule has 0 aliphatic heterocycles. The molecule has 12 heteroatoms. The number of rotatable bonds is 19. The first kappa shape index (κ1) is 41.5. The Morgan fingerprint density at radius 3 is 0.961 bits per heavy atom. The van der Waals surface area contributed by atoms with E-state index in [4.69, 9.17) is 14.2 Å². The molecular weight excluding hydrogens is 709 g/mol. The van der Waals surface area contributed by atoms with Crippen LogP contribution >= 0.6 is 35.3 Å². The molecule has 0 saturated heterocycles. The molecule has 0 unspecified atom stereocenters. The van der Waals surface area contributed by atoms with Crippen LogP contribution in [0.25, 0.3) is 0 Å². The van der Waals surface area contributed by atoms with E-state index in [1.54, 1.807) is 43.3 Å². The van der Waals surface area contributed by atoms with Gasteiger partial charge in [0.25, 0.3) is 0 Å². The van der Waals surface area contributed by atoms with Crippen molar-refractivity contribution in [1.29, 1.82) is 0 Å². The fraction of sp³-hybridized carbons (Fsp3) is 0.385. The molecule has 0 radical (unpaired) electrons. The van der Waals surface area contributed by atoms with E-state index in [0.29, 0.717) is 23.1 Å². The third kappa shape index (κ3) is 15.1. The fourth-order valence-corrected chi connectivity index (χ4v) is 6.62. The predicted octanol–water partition coefficient (Wildman–Crippen LogP) is 7.83. The second kappa shape index (κ2) is 21.5. The predicted molar refractivity (Wildman–Crippen MR) is 203 cm³/mol. The number of thioether (sulfide) groups is 3. The van der Waals surface area contributed by atoms with Gasteiger partial charge in [-0.25, -0.2) is 0 Å². The highest BCUT2D eigenvalue weighted by Gasteiger charge is 2.34. The van der Waals surface area contributed by atoms with Crippen molar-refractivity contribution in [2.24, 2.45) is 5.41 Å². The highest BCUT2D eigenvalue weighted by molar-refractivity contribution is 8.14. The molecule has 0 bridgehead atoms. The van der Waals surface area contributed by atoms with Crippen molar-refractivity contribution >= 4 is 68.5 Å². The van der Waals surface area contributed by atoms with Crippen LogP contribution in [-0.4, -0.2) is 70.3 Å². The molecule has 0 spiro atoms. The van der Waals surface area contributed by atoms with Crippen molar-refractivity contribution in [3.63, 3.8) is 0 Å². The molecule has 272 valence electrons. The minimum Gasteiger partial charge on any atom is -0.465 e. The van der Waals surface area contributed by atoms with Crippen LogP contribution in [0.5, 0.6) is 0 Å². The van der Waals surface area contributed by atoms with E-state index in [0.717, 1.165) is 52.0 Å². The summed E-state index contributed by atoms with van der Waals surface area (Å²) >= 11 is 3.05. The quantitative estimate of drug-likeness (QED) is 0.0874. The zero-order valence-corrected chi connectivity index (χ0v) is 31.8. The standard InChI is InChI=1S/C39H44O9S3/c1-5-39(24-46-33(40)18-21-49-36(43)30-12-6-27(2)7-13-30,25-47-34(41)19-22-50-37(44)31-14-8-28(3)9-15-31)26-48-35(42)20-23-51-38(45)32-16-10-29(4)11-17-32/h6-17H,5,18-26H2,1-4H3. The Kier molecular flexibility index (Phi) is 17.5. The van der Waals surface area contributed by atoms with Crippen LogP contribution in [0.1, 0.15) is 80.4 Å². The zero-order chi connectivity index (χ0) is 37.2. The highest BCUT2D eigenvalue weighted by Crippen LogP contribution is 2.26. The van der Waals surface area contributed by atoms with Crippen molar-refractivity contribution in [2.75, 3.05) is 37.1 Å². The van der Waals surface area contributed by atoms with Gasteiger partial charge in [0.1, 0.15) is 19.8 Å². The summed E-state index contributed by atoms with van der Waals surface area (Å²) in [5.74, 6) is -1.00. The maximum Gasteiger partial charge on any atom is 0.306 e. The van der Waals surface area contributed by atoms with Gasteiger partial charge in [-0.3, -0.25) is 28.8 Å². The summed E-state index contributed by atoms with van der Waals surface area (Å²) in [6.45, 7) is 7.01. The average Bonchev–Trinajstić information content (AvgIpc) is 3.12. The number of esters is 3. The first-order valence-corrected chi connectivity index (χ1v) is 19.5. The molecule has 0 saturated carbocycles. The van der Waals surface area contributed by atoms with Crippen LogP contribution < -0.4 is 0 Å². The lowest BCUT2D eigenvalue weighted by atomic mass is 9.88. The van der Waals surface area contributed by atoms with Crippen LogP contribution in [0.4, 0.5) is 0 Å². The second-order valence-corrected chi connectivity index (χ2v) is 15.3. The van der Waals surface area contributed by atoms with E-state index in [9.17, 15) is 28.8 Å². The summed E-state index contributed by atoms with van der Waals surface area (Å²) in [5.41, 5.74) is 3.71. The van der Waals surface area contributed by atoms with Crippen molar-refractivity contribution in [3.8, 4) is 0 Å². The lowest BCUT2D eigenvalue weighted by Crippen LogP contribution is -2.39. The first-order chi connectivity index (χ1) is 24.4. The third-order valence-corrected chi connectivity index (χ3v) is 10.6. The van der Waals surface area contributed by atoms with Gasteiger partial charge in [-0.2, -0.15) is 0 Å².